The van der Waals surface area contributed by atoms with Gasteiger partial charge in [-0.3, -0.25) is 0 Å². The van der Waals surface area contributed by atoms with Crippen LogP contribution in [0.15, 0.2) is 218 Å². The largest absolute Gasteiger partial charge is 0.450 e. The van der Waals surface area contributed by atoms with E-state index in [9.17, 15) is 0 Å². The summed E-state index contributed by atoms with van der Waals surface area (Å²) >= 11 is 1.82. The highest BCUT2D eigenvalue weighted by Crippen LogP contribution is 2.49. The van der Waals surface area contributed by atoms with Crippen molar-refractivity contribution in [3.63, 3.8) is 0 Å². The summed E-state index contributed by atoms with van der Waals surface area (Å²) in [5.41, 5.74) is 11.1. The van der Waals surface area contributed by atoms with Crippen molar-refractivity contribution in [2.45, 2.75) is 0 Å². The zero-order chi connectivity index (χ0) is 39.1. The maximum absolute atomic E-state index is 6.39. The molecule has 0 N–H and O–H groups in total. The van der Waals surface area contributed by atoms with Crippen LogP contribution in [0.25, 0.3) is 42.4 Å². The van der Waals surface area contributed by atoms with Crippen molar-refractivity contribution in [1.82, 2.24) is 0 Å². The summed E-state index contributed by atoms with van der Waals surface area (Å²) in [5, 5.41) is 2.45. The smallest absolute Gasteiger partial charge is 0.172 e. The number of rotatable bonds is 8. The van der Waals surface area contributed by atoms with E-state index < -0.39 is 0 Å². The van der Waals surface area contributed by atoms with Crippen molar-refractivity contribution >= 4 is 65.6 Å². The molecule has 0 atom stereocenters. The minimum atomic E-state index is 0.681. The minimum Gasteiger partial charge on any atom is -0.450 e. The Labute approximate surface area is 347 Å². The van der Waals surface area contributed by atoms with Crippen molar-refractivity contribution in [3.8, 4) is 45.3 Å². The number of hydrogen-bond donors (Lipinski definition) is 0. The highest BCUT2D eigenvalue weighted by atomic mass is 32.1. The molecule has 1 aliphatic rings. The van der Waals surface area contributed by atoms with Gasteiger partial charge in [0.2, 0.25) is 0 Å². The molecule has 1 aliphatic heterocycles. The number of hydrogen-bond acceptors (Lipinski definition) is 5. The Morgan fingerprint density at radius 1 is 0.271 bits per heavy atom. The molecule has 0 fully saturated rings. The van der Waals surface area contributed by atoms with Crippen molar-refractivity contribution in [1.29, 1.82) is 0 Å². The second-order valence-electron chi connectivity index (χ2n) is 14.6. The Balaban J connectivity index is 0.994. The van der Waals surface area contributed by atoms with Gasteiger partial charge >= 0.3 is 0 Å². The molecule has 59 heavy (non-hydrogen) atoms. The zero-order valence-corrected chi connectivity index (χ0v) is 32.7. The van der Waals surface area contributed by atoms with Crippen molar-refractivity contribution in [3.05, 3.63) is 218 Å². The lowest BCUT2D eigenvalue weighted by molar-refractivity contribution is 0.360. The first-order valence-corrected chi connectivity index (χ1v) is 20.5. The SMILES string of the molecule is c1ccc(-c2ccc(N(c3ccc4c(c3)Oc3ccccc3O4)c3ccc4c(c3)sc3ccc(N(c5ccccc5)c5ccc(-c6ccccc6)cc5)cc34)cc2)cc1. The molecule has 4 nitrogen and oxygen atoms in total. The summed E-state index contributed by atoms with van der Waals surface area (Å²) < 4.78 is 15.1. The number of thiophene rings is 1. The van der Waals surface area contributed by atoms with Gasteiger partial charge in [-0.2, -0.15) is 0 Å². The molecule has 0 radical (unpaired) electrons. The molecular weight excluding hydrogens is 741 g/mol. The molecule has 2 heterocycles. The molecule has 5 heteroatoms. The summed E-state index contributed by atoms with van der Waals surface area (Å²) in [6.45, 7) is 0. The first-order chi connectivity index (χ1) is 29.2. The lowest BCUT2D eigenvalue weighted by atomic mass is 10.0. The lowest BCUT2D eigenvalue weighted by Gasteiger charge is -2.28. The average molecular weight is 777 g/mol. The average Bonchev–Trinajstić information content (AvgIpc) is 3.67. The first-order valence-electron chi connectivity index (χ1n) is 19.7. The number of ether oxygens (including phenoxy) is 2. The number of fused-ring (bicyclic) bond motifs is 5. The van der Waals surface area contributed by atoms with Crippen LogP contribution in [-0.4, -0.2) is 0 Å². The molecule has 0 amide bonds. The standard InChI is InChI=1S/C54H36N2O2S/c1-4-12-37(13-5-1)39-20-24-42(25-21-39)55(41-16-8-3-9-17-41)44-30-33-53-48(34-44)47-31-28-46(36-54(47)59-53)56(43-26-22-40(23-27-43)38-14-6-2-7-15-38)45-29-32-51-52(35-45)58-50-19-11-10-18-49(50)57-51/h1-36H. The quantitative estimate of drug-likeness (QED) is 0.153. The molecule has 0 bridgehead atoms. The van der Waals surface area contributed by atoms with Crippen LogP contribution in [0.5, 0.6) is 23.0 Å². The number of benzene rings is 9. The molecule has 11 rings (SSSR count). The van der Waals surface area contributed by atoms with Crippen molar-refractivity contribution in [2.75, 3.05) is 9.80 Å². The summed E-state index contributed by atoms with van der Waals surface area (Å²) in [5.74, 6) is 2.80. The van der Waals surface area contributed by atoms with Crippen molar-refractivity contribution in [2.24, 2.45) is 0 Å². The second kappa shape index (κ2) is 14.7. The van der Waals surface area contributed by atoms with E-state index in [0.717, 1.165) is 34.1 Å². The van der Waals surface area contributed by atoms with Crippen LogP contribution in [0.3, 0.4) is 0 Å². The van der Waals surface area contributed by atoms with Gasteiger partial charge in [0, 0.05) is 54.7 Å². The van der Waals surface area contributed by atoms with E-state index in [1.807, 2.05) is 41.7 Å². The Hall–Kier alpha value is -7.60. The van der Waals surface area contributed by atoms with Crippen LogP contribution in [0.4, 0.5) is 34.1 Å². The fourth-order valence-corrected chi connectivity index (χ4v) is 9.15. The molecule has 9 aromatic carbocycles. The zero-order valence-electron chi connectivity index (χ0n) is 31.9. The molecular formula is C54H36N2O2S. The van der Waals surface area contributed by atoms with E-state index in [1.165, 1.54) is 42.4 Å². The maximum atomic E-state index is 6.39. The van der Waals surface area contributed by atoms with Crippen LogP contribution in [-0.2, 0) is 0 Å². The minimum absolute atomic E-state index is 0.681. The van der Waals surface area contributed by atoms with E-state index in [1.54, 1.807) is 0 Å². The van der Waals surface area contributed by atoms with Gasteiger partial charge in [-0.05, 0) is 113 Å². The third-order valence-electron chi connectivity index (χ3n) is 10.9. The van der Waals surface area contributed by atoms with Gasteiger partial charge < -0.3 is 19.3 Å². The summed E-state index contributed by atoms with van der Waals surface area (Å²) in [6, 6.07) is 76.9. The molecule has 10 aromatic rings. The Bertz CT molecular complexity index is 3090. The lowest BCUT2D eigenvalue weighted by Crippen LogP contribution is -2.10. The molecule has 0 saturated carbocycles. The molecule has 0 unspecified atom stereocenters. The number of para-hydroxylation sites is 3. The van der Waals surface area contributed by atoms with Gasteiger partial charge in [-0.1, -0.05) is 121 Å². The highest BCUT2D eigenvalue weighted by Gasteiger charge is 2.22. The molecule has 1 aromatic heterocycles. The van der Waals surface area contributed by atoms with E-state index in [2.05, 4.69) is 198 Å². The summed E-state index contributed by atoms with van der Waals surface area (Å²) in [4.78, 5) is 4.64. The van der Waals surface area contributed by atoms with Gasteiger partial charge in [0.25, 0.3) is 0 Å². The number of nitrogens with zero attached hydrogens (tertiary/aromatic N) is 2. The van der Waals surface area contributed by atoms with E-state index in [-0.39, 0.29) is 0 Å². The van der Waals surface area contributed by atoms with Gasteiger partial charge in [-0.15, -0.1) is 11.3 Å². The highest BCUT2D eigenvalue weighted by molar-refractivity contribution is 7.25. The second-order valence-corrected chi connectivity index (χ2v) is 15.7. The predicted molar refractivity (Wildman–Crippen MR) is 246 cm³/mol. The van der Waals surface area contributed by atoms with Gasteiger partial charge in [-0.25, -0.2) is 0 Å². The number of anilines is 6. The summed E-state index contributed by atoms with van der Waals surface area (Å²) in [6.07, 6.45) is 0. The van der Waals surface area contributed by atoms with Gasteiger partial charge in [0.1, 0.15) is 0 Å². The monoisotopic (exact) mass is 776 g/mol. The maximum Gasteiger partial charge on any atom is 0.172 e. The topological polar surface area (TPSA) is 24.9 Å². The predicted octanol–water partition coefficient (Wildman–Crippen LogP) is 16.2. The van der Waals surface area contributed by atoms with E-state index >= 15 is 0 Å². The molecule has 280 valence electrons. The van der Waals surface area contributed by atoms with Crippen LogP contribution in [0.2, 0.25) is 0 Å². The fraction of sp³-hybridized carbons (Fsp3) is 0. The van der Waals surface area contributed by atoms with Gasteiger partial charge in [0.15, 0.2) is 23.0 Å². The van der Waals surface area contributed by atoms with Gasteiger partial charge in [0.05, 0.1) is 5.69 Å². The van der Waals surface area contributed by atoms with Crippen LogP contribution in [0, 0.1) is 0 Å². The first kappa shape index (κ1) is 34.6. The normalized spacial score (nSPS) is 11.7. The van der Waals surface area contributed by atoms with E-state index in [4.69, 9.17) is 9.47 Å². The third kappa shape index (κ3) is 6.54. The fourth-order valence-electron chi connectivity index (χ4n) is 8.03. The summed E-state index contributed by atoms with van der Waals surface area (Å²) in [7, 11) is 0. The molecule has 0 spiro atoms. The van der Waals surface area contributed by atoms with Crippen molar-refractivity contribution < 1.29 is 9.47 Å². The van der Waals surface area contributed by atoms with Crippen LogP contribution >= 0.6 is 11.3 Å². The Kier molecular flexibility index (Phi) is 8.64. The van der Waals surface area contributed by atoms with Crippen LogP contribution in [0.1, 0.15) is 0 Å². The van der Waals surface area contributed by atoms with E-state index in [0.29, 0.717) is 23.0 Å². The third-order valence-corrected chi connectivity index (χ3v) is 12.0. The Morgan fingerprint density at radius 3 is 1.32 bits per heavy atom. The molecule has 0 aliphatic carbocycles. The molecule has 0 saturated heterocycles. The Morgan fingerprint density at radius 2 is 0.695 bits per heavy atom. The van der Waals surface area contributed by atoms with Crippen LogP contribution < -0.4 is 19.3 Å².